The lowest BCUT2D eigenvalue weighted by atomic mass is 9.96. The van der Waals surface area contributed by atoms with Gasteiger partial charge in [0.1, 0.15) is 0 Å². The van der Waals surface area contributed by atoms with Crippen molar-refractivity contribution in [3.8, 4) is 0 Å². The zero-order valence-corrected chi connectivity index (χ0v) is 13.7. The minimum atomic E-state index is -1.23. The van der Waals surface area contributed by atoms with E-state index >= 15 is 0 Å². The number of nitrogens with one attached hydrogen (secondary N) is 2. The number of carbonyl (C=O) groups excluding carboxylic acids is 2. The molecule has 2 aromatic rings. The van der Waals surface area contributed by atoms with Gasteiger partial charge in [0.15, 0.2) is 0 Å². The van der Waals surface area contributed by atoms with E-state index in [0.29, 0.717) is 23.7 Å². The Labute approximate surface area is 140 Å². The van der Waals surface area contributed by atoms with Gasteiger partial charge in [0.2, 0.25) is 5.66 Å². The second kappa shape index (κ2) is 5.09. The predicted octanol–water partition coefficient (Wildman–Crippen LogP) is 2.70. The van der Waals surface area contributed by atoms with E-state index in [-0.39, 0.29) is 11.8 Å². The molecule has 4 rings (SSSR count). The Morgan fingerprint density at radius 2 is 1.71 bits per heavy atom. The quantitative estimate of drug-likeness (QED) is 0.894. The van der Waals surface area contributed by atoms with Crippen molar-refractivity contribution in [3.63, 3.8) is 0 Å². The first-order valence-electron chi connectivity index (χ1n) is 8.14. The van der Waals surface area contributed by atoms with Crippen molar-refractivity contribution < 1.29 is 9.59 Å². The minimum absolute atomic E-state index is 0.139. The molecule has 2 heterocycles. The highest BCUT2D eigenvalue weighted by atomic mass is 16.2. The Morgan fingerprint density at radius 1 is 1.00 bits per heavy atom. The molecule has 2 aliphatic rings. The molecule has 2 aromatic carbocycles. The van der Waals surface area contributed by atoms with E-state index in [4.69, 9.17) is 0 Å². The van der Waals surface area contributed by atoms with Gasteiger partial charge in [-0.25, -0.2) is 0 Å². The van der Waals surface area contributed by atoms with Gasteiger partial charge in [0.05, 0.1) is 11.3 Å². The lowest BCUT2D eigenvalue weighted by Gasteiger charge is -2.36. The van der Waals surface area contributed by atoms with Crippen LogP contribution in [0.25, 0.3) is 0 Å². The molecule has 0 aliphatic carbocycles. The number of fused-ring (bicyclic) bond motifs is 3. The fourth-order valence-corrected chi connectivity index (χ4v) is 3.50. The zero-order valence-electron chi connectivity index (χ0n) is 13.7. The van der Waals surface area contributed by atoms with Crippen molar-refractivity contribution in [1.29, 1.82) is 0 Å². The summed E-state index contributed by atoms with van der Waals surface area (Å²) in [6, 6.07) is 14.9. The maximum atomic E-state index is 13.3. The van der Waals surface area contributed by atoms with E-state index in [1.807, 2.05) is 42.5 Å². The van der Waals surface area contributed by atoms with Gasteiger partial charge in [-0.1, -0.05) is 44.2 Å². The highest BCUT2D eigenvalue weighted by molar-refractivity contribution is 6.15. The molecule has 24 heavy (non-hydrogen) atoms. The Kier molecular flexibility index (Phi) is 3.13. The molecule has 5 nitrogen and oxygen atoms in total. The number of anilines is 2. The van der Waals surface area contributed by atoms with Gasteiger partial charge in [0, 0.05) is 17.8 Å². The number of amides is 2. The first-order valence-corrected chi connectivity index (χ1v) is 8.14. The molecule has 0 radical (unpaired) electrons. The molecule has 0 saturated carbocycles. The topological polar surface area (TPSA) is 61.4 Å². The molecule has 2 amide bonds. The second-order valence-corrected chi connectivity index (χ2v) is 6.70. The minimum Gasteiger partial charge on any atom is -0.350 e. The molecule has 122 valence electrons. The van der Waals surface area contributed by atoms with Crippen LogP contribution >= 0.6 is 0 Å². The molecule has 0 fully saturated rings. The van der Waals surface area contributed by atoms with E-state index in [2.05, 4.69) is 24.5 Å². The number of hydrogen-bond acceptors (Lipinski definition) is 3. The number of carbonyl (C=O) groups is 2. The highest BCUT2D eigenvalue weighted by Crippen LogP contribution is 2.43. The average Bonchev–Trinajstić information content (AvgIpc) is 2.78. The van der Waals surface area contributed by atoms with E-state index < -0.39 is 5.66 Å². The summed E-state index contributed by atoms with van der Waals surface area (Å²) in [6.07, 6.45) is 0. The molecule has 0 bridgehead atoms. The summed E-state index contributed by atoms with van der Waals surface area (Å²) in [5.41, 5.74) is 1.64. The molecule has 0 saturated heterocycles. The first kappa shape index (κ1) is 14.8. The fourth-order valence-electron chi connectivity index (χ4n) is 3.50. The van der Waals surface area contributed by atoms with Crippen LogP contribution in [0.5, 0.6) is 0 Å². The summed E-state index contributed by atoms with van der Waals surface area (Å²) in [5, 5.41) is 6.20. The Bertz CT molecular complexity index is 846. The monoisotopic (exact) mass is 321 g/mol. The highest BCUT2D eigenvalue weighted by Gasteiger charge is 2.54. The van der Waals surface area contributed by atoms with Gasteiger partial charge in [-0.2, -0.15) is 0 Å². The van der Waals surface area contributed by atoms with Crippen LogP contribution in [-0.4, -0.2) is 18.4 Å². The Morgan fingerprint density at radius 3 is 2.50 bits per heavy atom. The molecule has 2 aliphatic heterocycles. The van der Waals surface area contributed by atoms with Crippen molar-refractivity contribution in [2.24, 2.45) is 5.92 Å². The van der Waals surface area contributed by atoms with E-state index in [9.17, 15) is 9.59 Å². The number of rotatable bonds is 2. The maximum Gasteiger partial charge on any atom is 0.278 e. The van der Waals surface area contributed by atoms with Crippen LogP contribution < -0.4 is 15.5 Å². The maximum absolute atomic E-state index is 13.3. The first-order chi connectivity index (χ1) is 11.5. The zero-order chi connectivity index (χ0) is 16.9. The molecule has 1 spiro atoms. The smallest absolute Gasteiger partial charge is 0.278 e. The number of para-hydroxylation sites is 2. The summed E-state index contributed by atoms with van der Waals surface area (Å²) >= 11 is 0. The van der Waals surface area contributed by atoms with Crippen LogP contribution in [-0.2, 0) is 10.5 Å². The molecule has 2 N–H and O–H groups in total. The summed E-state index contributed by atoms with van der Waals surface area (Å²) in [5.74, 6) is -0.0529. The molecule has 0 aromatic heterocycles. The summed E-state index contributed by atoms with van der Waals surface area (Å²) in [6.45, 7) is 4.75. The van der Waals surface area contributed by atoms with Crippen molar-refractivity contribution in [2.75, 3.05) is 16.8 Å². The van der Waals surface area contributed by atoms with E-state index in [0.717, 1.165) is 11.3 Å². The lowest BCUT2D eigenvalue weighted by molar-refractivity contribution is -0.123. The molecule has 1 atom stereocenters. The number of hydrogen-bond donors (Lipinski definition) is 2. The van der Waals surface area contributed by atoms with Crippen LogP contribution in [0.3, 0.4) is 0 Å². The largest absolute Gasteiger partial charge is 0.350 e. The summed E-state index contributed by atoms with van der Waals surface area (Å²) in [4.78, 5) is 27.7. The average molecular weight is 321 g/mol. The number of benzene rings is 2. The molecular weight excluding hydrogens is 302 g/mol. The van der Waals surface area contributed by atoms with Crippen LogP contribution in [0, 0.1) is 5.92 Å². The van der Waals surface area contributed by atoms with Crippen LogP contribution in [0.2, 0.25) is 0 Å². The molecule has 0 unspecified atom stereocenters. The van der Waals surface area contributed by atoms with Crippen molar-refractivity contribution in [2.45, 2.75) is 19.5 Å². The fraction of sp³-hybridized carbons (Fsp3) is 0.263. The number of nitrogens with zero attached hydrogens (tertiary/aromatic N) is 1. The van der Waals surface area contributed by atoms with Crippen molar-refractivity contribution in [1.82, 2.24) is 5.32 Å². The molecule has 5 heteroatoms. The normalized spacial score (nSPS) is 21.5. The third kappa shape index (κ3) is 1.94. The van der Waals surface area contributed by atoms with Gasteiger partial charge < -0.3 is 15.5 Å². The lowest BCUT2D eigenvalue weighted by Crippen LogP contribution is -2.60. The SMILES string of the molecule is CC(C)CN1C(=O)[C@]2(NC(=O)c3ccccc3N2)c2ccccc21. The third-order valence-corrected chi connectivity index (χ3v) is 4.51. The van der Waals surface area contributed by atoms with Gasteiger partial charge in [-0.05, 0) is 24.1 Å². The third-order valence-electron chi connectivity index (χ3n) is 4.51. The summed E-state index contributed by atoms with van der Waals surface area (Å²) < 4.78 is 0. The Hall–Kier alpha value is -2.82. The van der Waals surface area contributed by atoms with Gasteiger partial charge >= 0.3 is 0 Å². The summed E-state index contributed by atoms with van der Waals surface area (Å²) in [7, 11) is 0. The van der Waals surface area contributed by atoms with Gasteiger partial charge in [-0.3, -0.25) is 9.59 Å². The van der Waals surface area contributed by atoms with E-state index in [1.165, 1.54) is 0 Å². The van der Waals surface area contributed by atoms with Gasteiger partial charge in [0.25, 0.3) is 11.8 Å². The predicted molar refractivity (Wildman–Crippen MR) is 92.8 cm³/mol. The van der Waals surface area contributed by atoms with Crippen LogP contribution in [0.4, 0.5) is 11.4 Å². The standard InChI is InChI=1S/C19H19N3O2/c1-12(2)11-22-16-10-6-4-8-14(16)19(18(22)24)20-15-9-5-3-7-13(15)17(23)21-19/h3-10,12,20H,11H2,1-2H3,(H,21,23)/t19-/m1/s1. The Balaban J connectivity index is 1.87. The van der Waals surface area contributed by atoms with E-state index in [1.54, 1.807) is 11.0 Å². The molecular formula is C19H19N3O2. The van der Waals surface area contributed by atoms with Gasteiger partial charge in [-0.15, -0.1) is 0 Å². The van der Waals surface area contributed by atoms with Crippen molar-refractivity contribution in [3.05, 3.63) is 59.7 Å². The van der Waals surface area contributed by atoms with Crippen LogP contribution in [0.15, 0.2) is 48.5 Å². The van der Waals surface area contributed by atoms with Crippen LogP contribution in [0.1, 0.15) is 29.8 Å². The second-order valence-electron chi connectivity index (χ2n) is 6.70. The van der Waals surface area contributed by atoms with Crippen molar-refractivity contribution >= 4 is 23.2 Å².